The van der Waals surface area contributed by atoms with Crippen molar-refractivity contribution >= 4 is 39.3 Å². The first-order valence-corrected chi connectivity index (χ1v) is 13.5. The topological polar surface area (TPSA) is 64.0 Å². The molecule has 0 radical (unpaired) electrons. The van der Waals surface area contributed by atoms with Crippen molar-refractivity contribution in [3.05, 3.63) is 53.7 Å². The molecule has 1 aliphatic rings. The summed E-state index contributed by atoms with van der Waals surface area (Å²) in [6.45, 7) is 3.81. The molecule has 0 amide bonds. The van der Waals surface area contributed by atoms with E-state index in [0.29, 0.717) is 11.4 Å². The Balaban J connectivity index is 1.29. The summed E-state index contributed by atoms with van der Waals surface area (Å²) in [6.07, 6.45) is 11.2. The van der Waals surface area contributed by atoms with Gasteiger partial charge in [-0.25, -0.2) is 24.3 Å². The minimum atomic E-state index is -0.245. The third-order valence-electron chi connectivity index (χ3n) is 6.02. The maximum absolute atomic E-state index is 14.7. The maximum atomic E-state index is 14.7. The van der Waals surface area contributed by atoms with Crippen LogP contribution in [0.15, 0.2) is 47.2 Å². The van der Waals surface area contributed by atoms with Gasteiger partial charge in [-0.2, -0.15) is 0 Å². The van der Waals surface area contributed by atoms with Crippen LogP contribution in [-0.2, 0) is 6.42 Å². The number of anilines is 1. The highest BCUT2D eigenvalue weighted by molar-refractivity contribution is 7.98. The average Bonchev–Trinajstić information content (AvgIpc) is 3.30. The van der Waals surface area contributed by atoms with Gasteiger partial charge in [-0.15, -0.1) is 23.1 Å². The summed E-state index contributed by atoms with van der Waals surface area (Å²) < 4.78 is 21.9. The van der Waals surface area contributed by atoms with Crippen molar-refractivity contribution in [2.75, 3.05) is 24.2 Å². The number of nitrogens with zero attached hydrogens (tertiary/aromatic N) is 5. The molecule has 6 nitrogen and oxygen atoms in total. The molecule has 1 aromatic carbocycles. The normalized spacial score (nSPS) is 14.6. The molecule has 0 unspecified atom stereocenters. The van der Waals surface area contributed by atoms with Gasteiger partial charge >= 0.3 is 0 Å². The largest absolute Gasteiger partial charge is 0.473 e. The summed E-state index contributed by atoms with van der Waals surface area (Å²) in [7, 11) is 0. The van der Waals surface area contributed by atoms with Crippen LogP contribution in [0, 0.1) is 5.82 Å². The van der Waals surface area contributed by atoms with Gasteiger partial charge in [0.1, 0.15) is 22.9 Å². The van der Waals surface area contributed by atoms with E-state index in [4.69, 9.17) is 4.74 Å². The van der Waals surface area contributed by atoms with E-state index in [1.807, 2.05) is 36.2 Å². The molecule has 0 N–H and O–H groups in total. The highest BCUT2D eigenvalue weighted by Crippen LogP contribution is 2.38. The van der Waals surface area contributed by atoms with Gasteiger partial charge in [0.25, 0.3) is 0 Å². The molecule has 5 rings (SSSR count). The number of hydrogen-bond acceptors (Lipinski definition) is 8. The van der Waals surface area contributed by atoms with Gasteiger partial charge in [0, 0.05) is 59.7 Å². The number of rotatable bonds is 7. The zero-order chi connectivity index (χ0) is 23.5. The summed E-state index contributed by atoms with van der Waals surface area (Å²) in [5.41, 5.74) is 3.22. The first kappa shape index (κ1) is 23.0. The van der Waals surface area contributed by atoms with Crippen LogP contribution in [-0.4, -0.2) is 45.4 Å². The number of fused-ring (bicyclic) bond motifs is 1. The molecular weight excluding hydrogens is 469 g/mol. The molecule has 0 atom stereocenters. The lowest BCUT2D eigenvalue weighted by molar-refractivity contribution is 0.166. The van der Waals surface area contributed by atoms with Crippen molar-refractivity contribution in [2.24, 2.45) is 0 Å². The predicted octanol–water partition coefficient (Wildman–Crippen LogP) is 6.01. The molecule has 0 spiro atoms. The molecule has 176 valence electrons. The van der Waals surface area contributed by atoms with Crippen LogP contribution in [0.5, 0.6) is 5.88 Å². The number of hydrogen-bond donors (Lipinski definition) is 0. The lowest BCUT2D eigenvalue weighted by Gasteiger charge is -2.31. The number of piperidine rings is 1. The first-order valence-electron chi connectivity index (χ1n) is 11.4. The van der Waals surface area contributed by atoms with Gasteiger partial charge in [0.15, 0.2) is 0 Å². The average molecular weight is 496 g/mol. The minimum Gasteiger partial charge on any atom is -0.473 e. The lowest BCUT2D eigenvalue weighted by atomic mass is 10.1. The third kappa shape index (κ3) is 4.72. The number of aryl methyl sites for hydroxylation is 1. The number of ether oxygens (including phenoxy) is 1. The Bertz CT molecular complexity index is 1270. The molecular formula is C25H26FN5OS2. The van der Waals surface area contributed by atoms with Gasteiger partial charge in [-0.1, -0.05) is 19.4 Å². The van der Waals surface area contributed by atoms with Crippen molar-refractivity contribution in [3.63, 3.8) is 0 Å². The summed E-state index contributed by atoms with van der Waals surface area (Å²) in [6, 6.07) is 5.31. The van der Waals surface area contributed by atoms with Crippen molar-refractivity contribution < 1.29 is 9.13 Å². The lowest BCUT2D eigenvalue weighted by Crippen LogP contribution is -2.39. The third-order valence-corrected chi connectivity index (χ3v) is 7.70. The Labute approximate surface area is 206 Å². The Kier molecular flexibility index (Phi) is 6.92. The second-order valence-electron chi connectivity index (χ2n) is 8.30. The van der Waals surface area contributed by atoms with E-state index in [9.17, 15) is 4.39 Å². The maximum Gasteiger partial charge on any atom is 0.235 e. The van der Waals surface area contributed by atoms with Crippen LogP contribution in [0.25, 0.3) is 21.3 Å². The van der Waals surface area contributed by atoms with Crippen LogP contribution in [0.1, 0.15) is 31.7 Å². The molecule has 0 saturated carbocycles. The molecule has 0 aliphatic carbocycles. The standard InChI is InChI=1S/C25H26FN5OS2/c1-3-4-16-12-27-25(28-13-16)31-9-7-17(8-10-31)32-24-23-22(29-15-30-24)20(14-34-23)19-6-5-18(33-2)11-21(19)26/h5-6,11-15,17H,3-4,7-10H2,1-2H3. The summed E-state index contributed by atoms with van der Waals surface area (Å²) >= 11 is 3.01. The molecule has 1 aliphatic heterocycles. The number of benzene rings is 1. The summed E-state index contributed by atoms with van der Waals surface area (Å²) in [4.78, 5) is 21.0. The van der Waals surface area contributed by atoms with Gasteiger partial charge in [-0.3, -0.25) is 0 Å². The van der Waals surface area contributed by atoms with E-state index >= 15 is 0 Å². The zero-order valence-electron chi connectivity index (χ0n) is 19.2. The Hall–Kier alpha value is -2.78. The quantitative estimate of drug-likeness (QED) is 0.291. The highest BCUT2D eigenvalue weighted by atomic mass is 32.2. The second kappa shape index (κ2) is 10.2. The van der Waals surface area contributed by atoms with E-state index in [1.165, 1.54) is 35.0 Å². The molecule has 9 heteroatoms. The number of thiophene rings is 1. The van der Waals surface area contributed by atoms with Crippen molar-refractivity contribution in [3.8, 4) is 17.0 Å². The SMILES string of the molecule is CCCc1cnc(N2CCC(Oc3ncnc4c(-c5ccc(SC)cc5F)csc34)CC2)nc1. The fourth-order valence-electron chi connectivity index (χ4n) is 4.21. The fraction of sp³-hybridized carbons (Fsp3) is 0.360. The fourth-order valence-corrected chi connectivity index (χ4v) is 5.58. The zero-order valence-corrected chi connectivity index (χ0v) is 20.8. The summed E-state index contributed by atoms with van der Waals surface area (Å²) in [5.74, 6) is 1.10. The molecule has 34 heavy (non-hydrogen) atoms. The Morgan fingerprint density at radius 2 is 1.91 bits per heavy atom. The molecule has 1 saturated heterocycles. The van der Waals surface area contributed by atoms with Crippen LogP contribution >= 0.6 is 23.1 Å². The van der Waals surface area contributed by atoms with Gasteiger partial charge in [0.05, 0.1) is 5.52 Å². The summed E-state index contributed by atoms with van der Waals surface area (Å²) in [5, 5.41) is 1.94. The van der Waals surface area contributed by atoms with E-state index in [0.717, 1.165) is 65.4 Å². The predicted molar refractivity (Wildman–Crippen MR) is 136 cm³/mol. The van der Waals surface area contributed by atoms with Crippen LogP contribution in [0.2, 0.25) is 0 Å². The number of halogens is 1. The van der Waals surface area contributed by atoms with E-state index in [-0.39, 0.29) is 11.9 Å². The molecule has 4 heterocycles. The Morgan fingerprint density at radius 3 is 2.62 bits per heavy atom. The van der Waals surface area contributed by atoms with Gasteiger partial charge < -0.3 is 9.64 Å². The van der Waals surface area contributed by atoms with Crippen molar-refractivity contribution in [1.82, 2.24) is 19.9 Å². The molecule has 4 aromatic rings. The first-order chi connectivity index (χ1) is 16.7. The molecule has 0 bridgehead atoms. The van der Waals surface area contributed by atoms with Crippen molar-refractivity contribution in [1.29, 1.82) is 0 Å². The smallest absolute Gasteiger partial charge is 0.235 e. The van der Waals surface area contributed by atoms with Crippen LogP contribution < -0.4 is 9.64 Å². The molecule has 3 aromatic heterocycles. The minimum absolute atomic E-state index is 0.0527. The van der Waals surface area contributed by atoms with E-state index < -0.39 is 0 Å². The molecule has 1 fully saturated rings. The number of aromatic nitrogens is 4. The van der Waals surface area contributed by atoms with E-state index in [2.05, 4.69) is 31.8 Å². The van der Waals surface area contributed by atoms with Crippen LogP contribution in [0.3, 0.4) is 0 Å². The van der Waals surface area contributed by atoms with Gasteiger partial charge in [0.2, 0.25) is 11.8 Å². The van der Waals surface area contributed by atoms with E-state index in [1.54, 1.807) is 6.07 Å². The monoisotopic (exact) mass is 495 g/mol. The Morgan fingerprint density at radius 1 is 1.12 bits per heavy atom. The van der Waals surface area contributed by atoms with Gasteiger partial charge in [-0.05, 0) is 30.4 Å². The van der Waals surface area contributed by atoms with Crippen LogP contribution in [0.4, 0.5) is 10.3 Å². The second-order valence-corrected chi connectivity index (χ2v) is 10.1. The van der Waals surface area contributed by atoms with Crippen molar-refractivity contribution in [2.45, 2.75) is 43.6 Å². The number of thioether (sulfide) groups is 1. The highest BCUT2D eigenvalue weighted by Gasteiger charge is 2.24.